The highest BCUT2D eigenvalue weighted by Crippen LogP contribution is 2.36. The fraction of sp³-hybridized carbons (Fsp3) is 0.0500. The summed E-state index contributed by atoms with van der Waals surface area (Å²) in [5, 5.41) is 0. The number of amides is 1. The highest BCUT2D eigenvalue weighted by atomic mass is 32.2. The lowest BCUT2D eigenvalue weighted by atomic mass is 10.1. The van der Waals surface area contributed by atoms with Crippen LogP contribution >= 0.6 is 24.0 Å². The van der Waals surface area contributed by atoms with E-state index in [4.69, 9.17) is 12.2 Å². The number of aromatic nitrogens is 2. The van der Waals surface area contributed by atoms with Crippen LogP contribution in [0.15, 0.2) is 59.8 Å². The predicted molar refractivity (Wildman–Crippen MR) is 112 cm³/mol. The minimum absolute atomic E-state index is 0.0628. The number of Topliss-reactive ketones (excluding diaryl/α,β-unsaturated/α-hetero) is 1. The van der Waals surface area contributed by atoms with E-state index in [0.29, 0.717) is 20.5 Å². The van der Waals surface area contributed by atoms with Crippen LogP contribution in [0.25, 0.3) is 17.1 Å². The van der Waals surface area contributed by atoms with Crippen LogP contribution in [0.3, 0.4) is 0 Å². The van der Waals surface area contributed by atoms with Crippen molar-refractivity contribution in [1.82, 2.24) is 9.97 Å². The Kier molecular flexibility index (Phi) is 4.55. The molecule has 1 aromatic heterocycles. The maximum absolute atomic E-state index is 13.0. The first kappa shape index (κ1) is 17.5. The van der Waals surface area contributed by atoms with Gasteiger partial charge in [-0.1, -0.05) is 48.2 Å². The van der Waals surface area contributed by atoms with E-state index in [9.17, 15) is 9.59 Å². The third kappa shape index (κ3) is 3.27. The summed E-state index contributed by atoms with van der Waals surface area (Å²) in [6, 6.07) is 12.5. The van der Waals surface area contributed by atoms with Crippen LogP contribution in [-0.4, -0.2) is 26.0 Å². The molecule has 0 unspecified atom stereocenters. The quantitative estimate of drug-likeness (QED) is 0.378. The SMILES string of the molecule is CC(=O)c1cccc(N2C(=O)C(=Cc3cccc4nccnc34)SC2=S)c1. The van der Waals surface area contributed by atoms with Crippen LogP contribution < -0.4 is 4.90 Å². The Morgan fingerprint density at radius 2 is 1.93 bits per heavy atom. The molecular formula is C20H13N3O2S2. The molecule has 0 bridgehead atoms. The molecule has 0 N–H and O–H groups in total. The Labute approximate surface area is 165 Å². The topological polar surface area (TPSA) is 63.2 Å². The number of carbonyl (C=O) groups excluding carboxylic acids is 2. The smallest absolute Gasteiger partial charge is 0.270 e. The van der Waals surface area contributed by atoms with E-state index in [1.165, 1.54) is 23.6 Å². The second-order valence-corrected chi connectivity index (χ2v) is 7.57. The number of benzene rings is 2. The van der Waals surface area contributed by atoms with Gasteiger partial charge in [0.2, 0.25) is 0 Å². The number of carbonyl (C=O) groups is 2. The van der Waals surface area contributed by atoms with Gasteiger partial charge in [-0.15, -0.1) is 0 Å². The van der Waals surface area contributed by atoms with Gasteiger partial charge in [-0.05, 0) is 31.2 Å². The number of hydrogen-bond donors (Lipinski definition) is 0. The Hall–Kier alpha value is -2.90. The zero-order valence-electron chi connectivity index (χ0n) is 14.2. The Balaban J connectivity index is 1.74. The van der Waals surface area contributed by atoms with Crippen molar-refractivity contribution in [3.63, 3.8) is 0 Å². The van der Waals surface area contributed by atoms with Gasteiger partial charge in [-0.25, -0.2) is 0 Å². The van der Waals surface area contributed by atoms with Gasteiger partial charge in [0.05, 0.1) is 21.6 Å². The summed E-state index contributed by atoms with van der Waals surface area (Å²) in [6.45, 7) is 1.49. The normalized spacial score (nSPS) is 15.7. The molecule has 1 fully saturated rings. The summed E-state index contributed by atoms with van der Waals surface area (Å²) in [4.78, 5) is 35.2. The van der Waals surface area contributed by atoms with Gasteiger partial charge in [0.25, 0.3) is 5.91 Å². The van der Waals surface area contributed by atoms with Crippen LogP contribution in [-0.2, 0) is 4.79 Å². The second kappa shape index (κ2) is 7.02. The number of hydrogen-bond acceptors (Lipinski definition) is 6. The Morgan fingerprint density at radius 3 is 2.74 bits per heavy atom. The zero-order chi connectivity index (χ0) is 19.0. The number of thioether (sulfide) groups is 1. The Morgan fingerprint density at radius 1 is 1.15 bits per heavy atom. The monoisotopic (exact) mass is 391 g/mol. The van der Waals surface area contributed by atoms with Crippen LogP contribution in [0, 0.1) is 0 Å². The third-order valence-electron chi connectivity index (χ3n) is 4.12. The first-order valence-electron chi connectivity index (χ1n) is 8.13. The number of fused-ring (bicyclic) bond motifs is 1. The van der Waals surface area contributed by atoms with Gasteiger partial charge in [0, 0.05) is 23.5 Å². The molecule has 2 aromatic carbocycles. The fourth-order valence-electron chi connectivity index (χ4n) is 2.83. The maximum atomic E-state index is 13.0. The average molecular weight is 391 g/mol. The lowest BCUT2D eigenvalue weighted by molar-refractivity contribution is -0.113. The predicted octanol–water partition coefficient (Wildman–Crippen LogP) is 4.24. The molecule has 1 amide bonds. The van der Waals surface area contributed by atoms with E-state index in [0.717, 1.165) is 16.6 Å². The lowest BCUT2D eigenvalue weighted by Gasteiger charge is -2.15. The minimum atomic E-state index is -0.216. The number of para-hydroxylation sites is 1. The minimum Gasteiger partial charge on any atom is -0.295 e. The van der Waals surface area contributed by atoms with Crippen molar-refractivity contribution in [3.05, 3.63) is 70.9 Å². The van der Waals surface area contributed by atoms with Crippen molar-refractivity contribution < 1.29 is 9.59 Å². The van der Waals surface area contributed by atoms with Gasteiger partial charge < -0.3 is 0 Å². The molecule has 0 spiro atoms. The van der Waals surface area contributed by atoms with Gasteiger partial charge >= 0.3 is 0 Å². The van der Waals surface area contributed by atoms with E-state index in [-0.39, 0.29) is 11.7 Å². The largest absolute Gasteiger partial charge is 0.295 e. The molecule has 3 aromatic rings. The van der Waals surface area contributed by atoms with Crippen molar-refractivity contribution in [3.8, 4) is 0 Å². The maximum Gasteiger partial charge on any atom is 0.270 e. The molecule has 1 saturated heterocycles. The van der Waals surface area contributed by atoms with Crippen molar-refractivity contribution in [1.29, 1.82) is 0 Å². The summed E-state index contributed by atoms with van der Waals surface area (Å²) in [5.74, 6) is -0.279. The number of rotatable bonds is 3. The van der Waals surface area contributed by atoms with E-state index in [1.54, 1.807) is 42.7 Å². The number of nitrogens with zero attached hydrogens (tertiary/aromatic N) is 3. The van der Waals surface area contributed by atoms with Crippen LogP contribution in [0.4, 0.5) is 5.69 Å². The van der Waals surface area contributed by atoms with E-state index < -0.39 is 0 Å². The van der Waals surface area contributed by atoms with E-state index >= 15 is 0 Å². The van der Waals surface area contributed by atoms with E-state index in [1.807, 2.05) is 18.2 Å². The summed E-state index contributed by atoms with van der Waals surface area (Å²) in [7, 11) is 0. The first-order valence-corrected chi connectivity index (χ1v) is 9.36. The highest BCUT2D eigenvalue weighted by Gasteiger charge is 2.33. The highest BCUT2D eigenvalue weighted by molar-refractivity contribution is 8.27. The van der Waals surface area contributed by atoms with Crippen LogP contribution in [0.2, 0.25) is 0 Å². The first-order chi connectivity index (χ1) is 13.0. The number of ketones is 1. The Bertz CT molecular complexity index is 1140. The average Bonchev–Trinajstić information content (AvgIpc) is 2.95. The summed E-state index contributed by atoms with van der Waals surface area (Å²) in [6.07, 6.45) is 5.04. The molecule has 5 nitrogen and oxygen atoms in total. The molecule has 0 atom stereocenters. The van der Waals surface area contributed by atoms with Crippen LogP contribution in [0.5, 0.6) is 0 Å². The number of anilines is 1. The molecular weight excluding hydrogens is 378 g/mol. The van der Waals surface area contributed by atoms with Crippen molar-refractivity contribution >= 4 is 62.8 Å². The second-order valence-electron chi connectivity index (χ2n) is 5.89. The molecule has 1 aliphatic rings. The van der Waals surface area contributed by atoms with E-state index in [2.05, 4.69) is 9.97 Å². The fourth-order valence-corrected chi connectivity index (χ4v) is 4.12. The molecule has 132 valence electrons. The van der Waals surface area contributed by atoms with Crippen molar-refractivity contribution in [2.75, 3.05) is 4.90 Å². The molecule has 0 radical (unpaired) electrons. The van der Waals surface area contributed by atoms with Gasteiger partial charge in [-0.3, -0.25) is 24.5 Å². The van der Waals surface area contributed by atoms with Gasteiger partial charge in [0.15, 0.2) is 10.1 Å². The molecule has 0 aliphatic carbocycles. The number of thiocarbonyl (C=S) groups is 1. The lowest BCUT2D eigenvalue weighted by Crippen LogP contribution is -2.27. The molecule has 7 heteroatoms. The van der Waals surface area contributed by atoms with Crippen molar-refractivity contribution in [2.24, 2.45) is 0 Å². The summed E-state index contributed by atoms with van der Waals surface area (Å²) >= 11 is 6.64. The molecule has 27 heavy (non-hydrogen) atoms. The molecule has 2 heterocycles. The third-order valence-corrected chi connectivity index (χ3v) is 5.42. The van der Waals surface area contributed by atoms with Gasteiger partial charge in [0.1, 0.15) is 0 Å². The molecule has 0 saturated carbocycles. The van der Waals surface area contributed by atoms with Gasteiger partial charge in [-0.2, -0.15) is 0 Å². The standard InChI is InChI=1S/C20H13N3O2S2/c1-12(24)13-4-2-6-15(10-13)23-19(25)17(27-20(23)26)11-14-5-3-7-16-18(14)22-9-8-21-16/h2-11H,1H3. The van der Waals surface area contributed by atoms with Crippen molar-refractivity contribution in [2.45, 2.75) is 6.92 Å². The van der Waals surface area contributed by atoms with Crippen LogP contribution in [0.1, 0.15) is 22.8 Å². The molecule has 4 rings (SSSR count). The summed E-state index contributed by atoms with van der Waals surface area (Å²) < 4.78 is 0.429. The molecule has 1 aliphatic heterocycles. The zero-order valence-corrected chi connectivity index (χ0v) is 15.9. The summed E-state index contributed by atoms with van der Waals surface area (Å²) in [5.41, 5.74) is 3.42.